The molecule has 0 atom stereocenters. The van der Waals surface area contributed by atoms with Crippen molar-refractivity contribution in [1.29, 1.82) is 0 Å². The van der Waals surface area contributed by atoms with Gasteiger partial charge in [-0.2, -0.15) is 0 Å². The van der Waals surface area contributed by atoms with Crippen LogP contribution in [0.3, 0.4) is 0 Å². The highest BCUT2D eigenvalue weighted by Gasteiger charge is 2.02. The van der Waals surface area contributed by atoms with Crippen molar-refractivity contribution in [3.05, 3.63) is 35.4 Å². The number of benzene rings is 1. The Morgan fingerprint density at radius 3 is 2.90 bits per heavy atom. The molecule has 1 N–H and O–H groups in total. The molecule has 0 aliphatic heterocycles. The fourth-order valence-electron chi connectivity index (χ4n) is 0.754. The lowest BCUT2D eigenvalue weighted by atomic mass is 10.1. The molecule has 2 heteroatoms. The molecule has 2 nitrogen and oxygen atoms in total. The molecule has 0 amide bonds. The van der Waals surface area contributed by atoms with Crippen LogP contribution in [0.5, 0.6) is 0 Å². The molecular weight excluding hydrogens is 128 g/mol. The third-order valence-corrected chi connectivity index (χ3v) is 1.30. The minimum Gasteiger partial charge on any atom is -0.478 e. The van der Waals surface area contributed by atoms with E-state index in [9.17, 15) is 4.79 Å². The molecule has 1 rings (SSSR count). The second-order valence-electron chi connectivity index (χ2n) is 2.05. The Balaban J connectivity index is 3.20. The van der Waals surface area contributed by atoms with Gasteiger partial charge in [0.15, 0.2) is 0 Å². The van der Waals surface area contributed by atoms with Gasteiger partial charge in [-0.05, 0) is 18.6 Å². The Kier molecular flexibility index (Phi) is 1.38. The van der Waals surface area contributed by atoms with Crippen molar-refractivity contribution in [2.24, 2.45) is 0 Å². The van der Waals surface area contributed by atoms with E-state index in [-0.39, 0.29) is 5.56 Å². The summed E-state index contributed by atoms with van der Waals surface area (Å²) < 4.78 is 7.18. The zero-order chi connectivity index (χ0) is 8.43. The summed E-state index contributed by atoms with van der Waals surface area (Å²) in [6, 6.07) is 4.78. The molecule has 0 bridgehead atoms. The summed E-state index contributed by atoms with van der Waals surface area (Å²) in [4.78, 5) is 10.5. The minimum absolute atomic E-state index is 0.265. The van der Waals surface area contributed by atoms with E-state index in [4.69, 9.17) is 6.48 Å². The molecule has 0 radical (unpaired) electrons. The van der Waals surface area contributed by atoms with Crippen LogP contribution in [0.4, 0.5) is 0 Å². The van der Waals surface area contributed by atoms with E-state index in [1.165, 1.54) is 18.2 Å². The first kappa shape index (κ1) is 5.47. The number of carboxylic acids is 1. The number of aryl methyl sites for hydroxylation is 1. The Morgan fingerprint density at radius 1 is 1.70 bits per heavy atom. The van der Waals surface area contributed by atoms with Gasteiger partial charge in [-0.25, -0.2) is 4.79 Å². The fourth-order valence-corrected chi connectivity index (χ4v) is 0.754. The van der Waals surface area contributed by atoms with E-state index in [1.807, 2.05) is 0 Å². The maximum Gasteiger partial charge on any atom is 0.335 e. The van der Waals surface area contributed by atoms with E-state index < -0.39 is 5.97 Å². The van der Waals surface area contributed by atoms with Gasteiger partial charge in [-0.1, -0.05) is 18.2 Å². The average Bonchev–Trinajstić information content (AvgIpc) is 1.85. The van der Waals surface area contributed by atoms with Crippen molar-refractivity contribution in [1.82, 2.24) is 0 Å². The third kappa shape index (κ3) is 1.16. The van der Waals surface area contributed by atoms with Crippen LogP contribution in [0.25, 0.3) is 0 Å². The van der Waals surface area contributed by atoms with Crippen molar-refractivity contribution in [2.75, 3.05) is 0 Å². The number of carbonyl (C=O) groups is 1. The van der Waals surface area contributed by atoms with Crippen LogP contribution in [-0.4, -0.2) is 11.1 Å². The Labute approximate surface area is 60.5 Å². The normalized spacial score (nSPS) is 10.7. The van der Waals surface area contributed by atoms with Gasteiger partial charge in [0.05, 0.1) is 6.93 Å². The van der Waals surface area contributed by atoms with Crippen molar-refractivity contribution in [3.8, 4) is 0 Å². The molecular formula is C8H8O2. The van der Waals surface area contributed by atoms with Crippen molar-refractivity contribution >= 4 is 5.97 Å². The van der Waals surface area contributed by atoms with Crippen LogP contribution >= 0.6 is 0 Å². The lowest BCUT2D eigenvalue weighted by Gasteiger charge is -1.96. The van der Waals surface area contributed by atoms with Crippen LogP contribution in [0.1, 0.15) is 17.3 Å². The predicted octanol–water partition coefficient (Wildman–Crippen LogP) is 1.69. The van der Waals surface area contributed by atoms with E-state index in [0.717, 1.165) is 0 Å². The molecule has 0 unspecified atom stereocenters. The first-order valence-electron chi connectivity index (χ1n) is 3.42. The molecule has 52 valence electrons. The summed E-state index contributed by atoms with van der Waals surface area (Å²) >= 11 is 0. The molecule has 0 aliphatic carbocycles. The number of rotatable bonds is 1. The molecule has 0 heterocycles. The monoisotopic (exact) mass is 137 g/mol. The van der Waals surface area contributed by atoms with Gasteiger partial charge in [0.25, 0.3) is 0 Å². The first-order chi connectivity index (χ1) is 5.11. The van der Waals surface area contributed by atoms with E-state index in [1.54, 1.807) is 6.92 Å². The summed E-state index contributed by atoms with van der Waals surface area (Å²) in [5.74, 6) is -0.942. The maximum absolute atomic E-state index is 10.5. The Hall–Kier alpha value is -1.31. The van der Waals surface area contributed by atoms with Crippen molar-refractivity contribution < 1.29 is 11.3 Å². The molecule has 0 aromatic heterocycles. The molecule has 0 saturated carbocycles. The second kappa shape index (κ2) is 2.52. The molecule has 0 fully saturated rings. The summed E-state index contributed by atoms with van der Waals surface area (Å²) in [6.07, 6.45) is 0. The molecule has 10 heavy (non-hydrogen) atoms. The highest BCUT2D eigenvalue weighted by molar-refractivity contribution is 5.89. The van der Waals surface area contributed by atoms with Gasteiger partial charge < -0.3 is 5.11 Å². The zero-order valence-corrected chi connectivity index (χ0v) is 5.59. The number of hydrogen-bond acceptors (Lipinski definition) is 1. The maximum atomic E-state index is 10.5. The molecule has 1 aromatic carbocycles. The lowest BCUT2D eigenvalue weighted by Crippen LogP contribution is -1.97. The molecule has 0 saturated heterocycles. The zero-order valence-electron chi connectivity index (χ0n) is 6.59. The number of carboxylic acid groups (broad SMARTS) is 1. The molecule has 0 aliphatic rings. The molecule has 0 spiro atoms. The van der Waals surface area contributed by atoms with Gasteiger partial charge in [-0.15, -0.1) is 0 Å². The number of aromatic carboxylic acids is 1. The highest BCUT2D eigenvalue weighted by Crippen LogP contribution is 2.05. The highest BCUT2D eigenvalue weighted by atomic mass is 16.4. The van der Waals surface area contributed by atoms with E-state index in [0.29, 0.717) is 11.6 Å². The Morgan fingerprint density at radius 2 is 2.40 bits per heavy atom. The predicted molar refractivity (Wildman–Crippen MR) is 38.1 cm³/mol. The van der Waals surface area contributed by atoms with Gasteiger partial charge in [-0.3, -0.25) is 0 Å². The van der Waals surface area contributed by atoms with Crippen LogP contribution in [0.2, 0.25) is 0 Å². The van der Waals surface area contributed by atoms with Crippen LogP contribution in [0.15, 0.2) is 24.2 Å². The minimum atomic E-state index is -0.942. The van der Waals surface area contributed by atoms with Crippen molar-refractivity contribution in [2.45, 2.75) is 6.92 Å². The summed E-state index contributed by atoms with van der Waals surface area (Å²) in [7, 11) is 0. The summed E-state index contributed by atoms with van der Waals surface area (Å²) in [6.45, 7) is 1.68. The van der Waals surface area contributed by atoms with Crippen LogP contribution in [-0.2, 0) is 0 Å². The van der Waals surface area contributed by atoms with Gasteiger partial charge in [0.2, 0.25) is 0 Å². The summed E-state index contributed by atoms with van der Waals surface area (Å²) in [5, 5.41) is 8.60. The SMILES string of the molecule is [2H]c1ccc(C(=O)O)c(C)c1. The van der Waals surface area contributed by atoms with Gasteiger partial charge >= 0.3 is 5.97 Å². The second-order valence-corrected chi connectivity index (χ2v) is 2.05. The molecule has 1 aromatic rings. The van der Waals surface area contributed by atoms with Gasteiger partial charge in [0, 0.05) is 0 Å². The van der Waals surface area contributed by atoms with E-state index in [2.05, 4.69) is 0 Å². The summed E-state index contributed by atoms with van der Waals surface area (Å²) in [5.41, 5.74) is 0.894. The fraction of sp³-hybridized carbons (Fsp3) is 0.125. The number of hydrogen-bond donors (Lipinski definition) is 1. The largest absolute Gasteiger partial charge is 0.478 e. The quantitative estimate of drug-likeness (QED) is 0.639. The average molecular weight is 137 g/mol. The smallest absolute Gasteiger partial charge is 0.335 e. The van der Waals surface area contributed by atoms with Crippen LogP contribution < -0.4 is 0 Å². The standard InChI is InChI=1S/C8H8O2/c1-6-4-2-3-5-7(6)8(9)10/h2-5H,1H3,(H,9,10)/i2D. The van der Waals surface area contributed by atoms with Gasteiger partial charge in [0.1, 0.15) is 0 Å². The third-order valence-electron chi connectivity index (χ3n) is 1.30. The Bertz CT molecular complexity index is 294. The topological polar surface area (TPSA) is 37.3 Å². The van der Waals surface area contributed by atoms with Crippen LogP contribution in [0, 0.1) is 6.92 Å². The lowest BCUT2D eigenvalue weighted by molar-refractivity contribution is 0.0696. The van der Waals surface area contributed by atoms with E-state index >= 15 is 0 Å². The van der Waals surface area contributed by atoms with Crippen molar-refractivity contribution in [3.63, 3.8) is 0 Å². The first-order valence-corrected chi connectivity index (χ1v) is 2.92.